The molecule has 1 aliphatic rings. The van der Waals surface area contributed by atoms with Gasteiger partial charge in [0.2, 0.25) is 0 Å². The van der Waals surface area contributed by atoms with Gasteiger partial charge in [-0.15, -0.1) is 0 Å². The molecule has 1 aromatic carbocycles. The molecule has 0 saturated carbocycles. The van der Waals surface area contributed by atoms with Gasteiger partial charge in [-0.25, -0.2) is 4.39 Å². The van der Waals surface area contributed by atoms with Crippen LogP contribution < -0.4 is 4.74 Å². The predicted molar refractivity (Wildman–Crippen MR) is 44.5 cm³/mol. The zero-order valence-corrected chi connectivity index (χ0v) is 6.72. The lowest BCUT2D eigenvalue weighted by Gasteiger charge is -2.22. The molecule has 0 aliphatic carbocycles. The van der Waals surface area contributed by atoms with Crippen molar-refractivity contribution >= 4 is 0 Å². The fraction of sp³-hybridized carbons (Fsp3) is 0.300. The second-order valence-electron chi connectivity index (χ2n) is 3.00. The molecule has 0 amide bonds. The molecule has 2 rings (SSSR count). The van der Waals surface area contributed by atoms with Crippen molar-refractivity contribution in [3.8, 4) is 5.75 Å². The van der Waals surface area contributed by atoms with Crippen LogP contribution in [0.2, 0.25) is 0 Å². The van der Waals surface area contributed by atoms with Gasteiger partial charge in [0.25, 0.3) is 0 Å². The fourth-order valence-corrected chi connectivity index (χ4v) is 1.44. The first-order chi connectivity index (χ1) is 5.77. The summed E-state index contributed by atoms with van der Waals surface area (Å²) in [7, 11) is 0. The standard InChI is InChI=1S/C10H10FO/c1-7-5-6-8-9(11)3-2-4-10(8)12-7/h2-4,7H,1,5-6H2. The van der Waals surface area contributed by atoms with Crippen LogP contribution in [0.4, 0.5) is 4.39 Å². The van der Waals surface area contributed by atoms with Gasteiger partial charge in [-0.05, 0) is 31.9 Å². The summed E-state index contributed by atoms with van der Waals surface area (Å²) in [5.74, 6) is 0.487. The molecule has 2 heteroatoms. The Bertz CT molecular complexity index is 296. The van der Waals surface area contributed by atoms with E-state index in [1.807, 2.05) is 0 Å². The van der Waals surface area contributed by atoms with E-state index < -0.39 is 0 Å². The van der Waals surface area contributed by atoms with Crippen LogP contribution in [0.3, 0.4) is 0 Å². The van der Waals surface area contributed by atoms with Crippen LogP contribution in [0.15, 0.2) is 18.2 Å². The van der Waals surface area contributed by atoms with Crippen LogP contribution >= 0.6 is 0 Å². The van der Waals surface area contributed by atoms with E-state index in [9.17, 15) is 4.39 Å². The zero-order chi connectivity index (χ0) is 8.55. The molecule has 1 aliphatic heterocycles. The SMILES string of the molecule is [CH2]C1CCc2c(F)cccc2O1. The summed E-state index contributed by atoms with van der Waals surface area (Å²) in [6.07, 6.45) is 1.50. The molecule has 0 aromatic heterocycles. The highest BCUT2D eigenvalue weighted by molar-refractivity contribution is 5.36. The Balaban J connectivity index is 2.42. The maximum absolute atomic E-state index is 13.1. The van der Waals surface area contributed by atoms with Crippen LogP contribution in [0.5, 0.6) is 5.75 Å². The third kappa shape index (κ3) is 1.17. The molecule has 1 aromatic rings. The number of ether oxygens (including phenoxy) is 1. The first-order valence-electron chi connectivity index (χ1n) is 4.04. The second-order valence-corrected chi connectivity index (χ2v) is 3.00. The largest absolute Gasteiger partial charge is 0.490 e. The minimum Gasteiger partial charge on any atom is -0.490 e. The molecule has 1 nitrogen and oxygen atoms in total. The van der Waals surface area contributed by atoms with Crippen molar-refractivity contribution in [1.82, 2.24) is 0 Å². The molecule has 1 atom stereocenters. The lowest BCUT2D eigenvalue weighted by atomic mass is 10.0. The first kappa shape index (κ1) is 7.59. The topological polar surface area (TPSA) is 9.23 Å². The van der Waals surface area contributed by atoms with Crippen molar-refractivity contribution in [2.24, 2.45) is 0 Å². The van der Waals surface area contributed by atoms with E-state index in [1.165, 1.54) is 6.07 Å². The van der Waals surface area contributed by atoms with Crippen LogP contribution in [-0.4, -0.2) is 6.10 Å². The molecule has 0 spiro atoms. The highest BCUT2D eigenvalue weighted by Crippen LogP contribution is 2.28. The Morgan fingerprint density at radius 1 is 1.50 bits per heavy atom. The van der Waals surface area contributed by atoms with E-state index in [1.54, 1.807) is 12.1 Å². The Hall–Kier alpha value is -1.05. The lowest BCUT2D eigenvalue weighted by molar-refractivity contribution is 0.213. The molecule has 1 heterocycles. The molecule has 0 N–H and O–H groups in total. The predicted octanol–water partition coefficient (Wildman–Crippen LogP) is 2.35. The van der Waals surface area contributed by atoms with Crippen molar-refractivity contribution in [2.45, 2.75) is 18.9 Å². The molecule has 63 valence electrons. The van der Waals surface area contributed by atoms with Crippen molar-refractivity contribution in [1.29, 1.82) is 0 Å². The van der Waals surface area contributed by atoms with Gasteiger partial charge in [0.05, 0.1) is 6.10 Å². The van der Waals surface area contributed by atoms with Gasteiger partial charge >= 0.3 is 0 Å². The van der Waals surface area contributed by atoms with Crippen LogP contribution in [0.25, 0.3) is 0 Å². The van der Waals surface area contributed by atoms with Crippen LogP contribution in [0, 0.1) is 12.7 Å². The number of hydrogen-bond donors (Lipinski definition) is 0. The first-order valence-corrected chi connectivity index (χ1v) is 4.04. The van der Waals surface area contributed by atoms with E-state index >= 15 is 0 Å². The third-order valence-corrected chi connectivity index (χ3v) is 2.09. The summed E-state index contributed by atoms with van der Waals surface area (Å²) < 4.78 is 18.5. The highest BCUT2D eigenvalue weighted by Gasteiger charge is 2.18. The second kappa shape index (κ2) is 2.77. The summed E-state index contributed by atoms with van der Waals surface area (Å²) in [5.41, 5.74) is 0.692. The van der Waals surface area contributed by atoms with Crippen molar-refractivity contribution in [3.05, 3.63) is 36.5 Å². The summed E-state index contributed by atoms with van der Waals surface area (Å²) in [5, 5.41) is 0. The summed E-state index contributed by atoms with van der Waals surface area (Å²) >= 11 is 0. The average Bonchev–Trinajstić information content (AvgIpc) is 2.04. The van der Waals surface area contributed by atoms with Crippen molar-refractivity contribution in [2.75, 3.05) is 0 Å². The number of hydrogen-bond acceptors (Lipinski definition) is 1. The van der Waals surface area contributed by atoms with E-state index in [0.717, 1.165) is 12.8 Å². The lowest BCUT2D eigenvalue weighted by Crippen LogP contribution is -2.19. The van der Waals surface area contributed by atoms with E-state index in [-0.39, 0.29) is 11.9 Å². The van der Waals surface area contributed by atoms with Gasteiger partial charge in [-0.3, -0.25) is 0 Å². The molecule has 1 radical (unpaired) electrons. The van der Waals surface area contributed by atoms with Gasteiger partial charge in [-0.2, -0.15) is 0 Å². The average molecular weight is 165 g/mol. The van der Waals surface area contributed by atoms with Crippen LogP contribution in [0.1, 0.15) is 12.0 Å². The molecular weight excluding hydrogens is 155 g/mol. The monoisotopic (exact) mass is 165 g/mol. The fourth-order valence-electron chi connectivity index (χ4n) is 1.44. The van der Waals surface area contributed by atoms with Crippen molar-refractivity contribution in [3.63, 3.8) is 0 Å². The minimum atomic E-state index is -0.167. The Labute approximate surface area is 71.2 Å². The molecular formula is C10H10FO. The maximum atomic E-state index is 13.1. The summed E-state index contributed by atoms with van der Waals surface area (Å²) in [6, 6.07) is 4.91. The van der Waals surface area contributed by atoms with E-state index in [4.69, 9.17) is 4.74 Å². The van der Waals surface area contributed by atoms with Crippen molar-refractivity contribution < 1.29 is 9.13 Å². The molecule has 0 saturated heterocycles. The quantitative estimate of drug-likeness (QED) is 0.573. The number of benzene rings is 1. The van der Waals surface area contributed by atoms with E-state index in [2.05, 4.69) is 6.92 Å². The van der Waals surface area contributed by atoms with Gasteiger partial charge < -0.3 is 4.74 Å². The highest BCUT2D eigenvalue weighted by atomic mass is 19.1. The molecule has 0 bridgehead atoms. The number of fused-ring (bicyclic) bond motifs is 1. The van der Waals surface area contributed by atoms with Crippen LogP contribution in [-0.2, 0) is 6.42 Å². The number of halogens is 1. The van der Waals surface area contributed by atoms with Gasteiger partial charge in [0, 0.05) is 5.56 Å². The van der Waals surface area contributed by atoms with Gasteiger partial charge in [0.15, 0.2) is 0 Å². The maximum Gasteiger partial charge on any atom is 0.130 e. The Kier molecular flexibility index (Phi) is 1.75. The Morgan fingerprint density at radius 2 is 2.33 bits per heavy atom. The van der Waals surface area contributed by atoms with Gasteiger partial charge in [-0.1, -0.05) is 6.07 Å². The summed E-state index contributed by atoms with van der Waals surface area (Å²) in [4.78, 5) is 0. The molecule has 0 fully saturated rings. The minimum absolute atomic E-state index is 0.0284. The van der Waals surface area contributed by atoms with Gasteiger partial charge in [0.1, 0.15) is 11.6 Å². The normalized spacial score (nSPS) is 21.3. The molecule has 1 unspecified atom stereocenters. The van der Waals surface area contributed by atoms with E-state index in [0.29, 0.717) is 11.3 Å². The number of rotatable bonds is 0. The summed E-state index contributed by atoms with van der Waals surface area (Å²) in [6.45, 7) is 3.78. The Morgan fingerprint density at radius 3 is 3.17 bits per heavy atom. The zero-order valence-electron chi connectivity index (χ0n) is 6.72. The molecule has 12 heavy (non-hydrogen) atoms. The third-order valence-electron chi connectivity index (χ3n) is 2.09. The smallest absolute Gasteiger partial charge is 0.130 e.